The smallest absolute Gasteiger partial charge is 0.469 e. The zero-order valence-electron chi connectivity index (χ0n) is 10.4. The zero-order valence-corrected chi connectivity index (χ0v) is 10.4. The molecule has 0 aromatic carbocycles. The Hall–Kier alpha value is -2.39. The first kappa shape index (κ1) is 15.7. The summed E-state index contributed by atoms with van der Waals surface area (Å²) >= 11 is 0. The fourth-order valence-electron chi connectivity index (χ4n) is 1.36. The molecule has 0 unspecified atom stereocenters. The standard InChI is InChI=1S/C10H9F3N2O5/c1-5-7(15(17)18)4-8(20-10(11,12)13)6(14-5)3-9(16)19-2/h4H,3H2,1-2H3. The van der Waals surface area contributed by atoms with Crippen molar-refractivity contribution < 1.29 is 32.4 Å². The molecule has 1 aromatic rings. The number of hydrogen-bond donors (Lipinski definition) is 0. The minimum Gasteiger partial charge on any atom is -0.469 e. The number of aryl methyl sites for hydroxylation is 1. The first-order chi connectivity index (χ1) is 9.14. The third kappa shape index (κ3) is 4.07. The largest absolute Gasteiger partial charge is 0.573 e. The third-order valence-corrected chi connectivity index (χ3v) is 2.19. The molecule has 1 rings (SSSR count). The van der Waals surface area contributed by atoms with Crippen LogP contribution < -0.4 is 4.74 Å². The van der Waals surface area contributed by atoms with Crippen LogP contribution in [0.4, 0.5) is 18.9 Å². The molecular weight excluding hydrogens is 285 g/mol. The predicted molar refractivity (Wildman–Crippen MR) is 58.0 cm³/mol. The normalized spacial score (nSPS) is 11.1. The Balaban J connectivity index is 3.29. The Morgan fingerprint density at radius 3 is 2.55 bits per heavy atom. The maximum atomic E-state index is 12.2. The van der Waals surface area contributed by atoms with Gasteiger partial charge in [0.2, 0.25) is 0 Å². The topological polar surface area (TPSA) is 91.6 Å². The number of ether oxygens (including phenoxy) is 2. The summed E-state index contributed by atoms with van der Waals surface area (Å²) in [5.41, 5.74) is -1.17. The van der Waals surface area contributed by atoms with E-state index in [-0.39, 0.29) is 5.69 Å². The van der Waals surface area contributed by atoms with Crippen LogP contribution in [0.3, 0.4) is 0 Å². The van der Waals surface area contributed by atoms with E-state index in [1.165, 1.54) is 6.92 Å². The van der Waals surface area contributed by atoms with Gasteiger partial charge in [-0.05, 0) is 6.92 Å². The average molecular weight is 294 g/mol. The predicted octanol–water partition coefficient (Wildman–Crippen LogP) is 1.91. The number of rotatable bonds is 4. The summed E-state index contributed by atoms with van der Waals surface area (Å²) in [6.45, 7) is 1.23. The van der Waals surface area contributed by atoms with Gasteiger partial charge in [-0.2, -0.15) is 0 Å². The van der Waals surface area contributed by atoms with E-state index in [1.807, 2.05) is 0 Å². The van der Waals surface area contributed by atoms with Gasteiger partial charge in [0.05, 0.1) is 30.2 Å². The number of carbonyl (C=O) groups is 1. The molecule has 110 valence electrons. The second-order valence-corrected chi connectivity index (χ2v) is 3.60. The third-order valence-electron chi connectivity index (χ3n) is 2.19. The number of halogens is 3. The Morgan fingerprint density at radius 1 is 1.50 bits per heavy atom. The van der Waals surface area contributed by atoms with Crippen LogP contribution in [-0.4, -0.2) is 29.3 Å². The SMILES string of the molecule is COC(=O)Cc1nc(C)c([N+](=O)[O-])cc1OC(F)(F)F. The minimum atomic E-state index is -5.06. The van der Waals surface area contributed by atoms with Gasteiger partial charge < -0.3 is 9.47 Å². The number of aromatic nitrogens is 1. The molecule has 0 spiro atoms. The number of pyridine rings is 1. The molecule has 0 amide bonds. The fraction of sp³-hybridized carbons (Fsp3) is 0.400. The number of esters is 1. The number of nitrogens with zero attached hydrogens (tertiary/aromatic N) is 2. The molecule has 1 aromatic heterocycles. The maximum absolute atomic E-state index is 12.2. The summed E-state index contributed by atoms with van der Waals surface area (Å²) in [5.74, 6) is -1.75. The molecule has 0 radical (unpaired) electrons. The lowest BCUT2D eigenvalue weighted by atomic mass is 10.2. The molecular formula is C10H9F3N2O5. The highest BCUT2D eigenvalue weighted by atomic mass is 19.4. The Bertz CT molecular complexity index is 544. The summed E-state index contributed by atoms with van der Waals surface area (Å²) in [6.07, 6.45) is -5.66. The van der Waals surface area contributed by atoms with Crippen LogP contribution in [0, 0.1) is 17.0 Å². The highest BCUT2D eigenvalue weighted by molar-refractivity contribution is 5.73. The fourth-order valence-corrected chi connectivity index (χ4v) is 1.36. The molecule has 0 bridgehead atoms. The van der Waals surface area contributed by atoms with Gasteiger partial charge in [-0.25, -0.2) is 4.98 Å². The summed E-state index contributed by atoms with van der Waals surface area (Å²) in [6, 6.07) is 0.577. The highest BCUT2D eigenvalue weighted by Gasteiger charge is 2.34. The lowest BCUT2D eigenvalue weighted by Crippen LogP contribution is -2.20. The van der Waals surface area contributed by atoms with Crippen molar-refractivity contribution in [1.82, 2.24) is 4.98 Å². The Kier molecular flexibility index (Phi) is 4.48. The van der Waals surface area contributed by atoms with Crippen LogP contribution in [0.2, 0.25) is 0 Å². The quantitative estimate of drug-likeness (QED) is 0.478. The second kappa shape index (κ2) is 5.72. The van der Waals surface area contributed by atoms with Gasteiger partial charge in [0, 0.05) is 0 Å². The van der Waals surface area contributed by atoms with E-state index in [1.54, 1.807) is 0 Å². The van der Waals surface area contributed by atoms with Gasteiger partial charge in [-0.15, -0.1) is 13.2 Å². The van der Waals surface area contributed by atoms with Crippen molar-refractivity contribution >= 4 is 11.7 Å². The number of hydrogen-bond acceptors (Lipinski definition) is 6. The van der Waals surface area contributed by atoms with Crippen molar-refractivity contribution in [3.8, 4) is 5.75 Å². The van der Waals surface area contributed by atoms with Gasteiger partial charge in [0.1, 0.15) is 5.69 Å². The first-order valence-corrected chi connectivity index (χ1v) is 5.11. The van der Waals surface area contributed by atoms with Crippen LogP contribution in [0.1, 0.15) is 11.4 Å². The van der Waals surface area contributed by atoms with Gasteiger partial charge in [-0.3, -0.25) is 14.9 Å². The lowest BCUT2D eigenvalue weighted by Gasteiger charge is -2.12. The van der Waals surface area contributed by atoms with Crippen molar-refractivity contribution in [3.05, 3.63) is 27.6 Å². The van der Waals surface area contributed by atoms with Crippen molar-refractivity contribution in [2.75, 3.05) is 7.11 Å². The summed E-state index contributed by atoms with van der Waals surface area (Å²) in [7, 11) is 1.05. The molecule has 0 aliphatic rings. The molecule has 7 nitrogen and oxygen atoms in total. The average Bonchev–Trinajstić information content (AvgIpc) is 2.30. The summed E-state index contributed by atoms with van der Waals surface area (Å²) in [4.78, 5) is 24.5. The maximum Gasteiger partial charge on any atom is 0.573 e. The summed E-state index contributed by atoms with van der Waals surface area (Å²) in [5, 5.41) is 10.7. The Morgan fingerprint density at radius 2 is 2.10 bits per heavy atom. The van der Waals surface area contributed by atoms with Crippen LogP contribution in [0.15, 0.2) is 6.07 Å². The zero-order chi connectivity index (χ0) is 15.5. The van der Waals surface area contributed by atoms with Gasteiger partial charge in [-0.1, -0.05) is 0 Å². The molecule has 0 aliphatic carbocycles. The number of alkyl halides is 3. The van der Waals surface area contributed by atoms with Gasteiger partial charge in [0.15, 0.2) is 5.75 Å². The molecule has 20 heavy (non-hydrogen) atoms. The summed E-state index contributed by atoms with van der Waals surface area (Å²) < 4.78 is 44.7. The molecule has 0 N–H and O–H groups in total. The number of nitro groups is 1. The van der Waals surface area contributed by atoms with Crippen molar-refractivity contribution in [2.45, 2.75) is 19.7 Å². The van der Waals surface area contributed by atoms with Crippen LogP contribution in [0.5, 0.6) is 5.75 Å². The first-order valence-electron chi connectivity index (χ1n) is 5.11. The molecule has 1 heterocycles. The van der Waals surface area contributed by atoms with E-state index in [9.17, 15) is 28.1 Å². The number of carbonyl (C=O) groups excluding carboxylic acids is 1. The van der Waals surface area contributed by atoms with Crippen LogP contribution >= 0.6 is 0 Å². The van der Waals surface area contributed by atoms with E-state index in [0.717, 1.165) is 7.11 Å². The van der Waals surface area contributed by atoms with E-state index in [2.05, 4.69) is 14.5 Å². The van der Waals surface area contributed by atoms with Crippen LogP contribution in [-0.2, 0) is 16.0 Å². The highest BCUT2D eigenvalue weighted by Crippen LogP contribution is 2.30. The molecule has 0 saturated heterocycles. The van der Waals surface area contributed by atoms with Crippen molar-refractivity contribution in [3.63, 3.8) is 0 Å². The van der Waals surface area contributed by atoms with E-state index in [0.29, 0.717) is 6.07 Å². The number of methoxy groups -OCH3 is 1. The van der Waals surface area contributed by atoms with E-state index >= 15 is 0 Å². The second-order valence-electron chi connectivity index (χ2n) is 3.60. The van der Waals surface area contributed by atoms with Crippen LogP contribution in [0.25, 0.3) is 0 Å². The van der Waals surface area contributed by atoms with Crippen molar-refractivity contribution in [1.29, 1.82) is 0 Å². The molecule has 0 aliphatic heterocycles. The minimum absolute atomic E-state index is 0.136. The van der Waals surface area contributed by atoms with E-state index < -0.39 is 40.8 Å². The van der Waals surface area contributed by atoms with Crippen molar-refractivity contribution in [2.24, 2.45) is 0 Å². The molecule has 0 fully saturated rings. The van der Waals surface area contributed by atoms with Gasteiger partial charge >= 0.3 is 12.3 Å². The monoisotopic (exact) mass is 294 g/mol. The molecule has 0 atom stereocenters. The molecule has 0 saturated carbocycles. The van der Waals surface area contributed by atoms with Gasteiger partial charge in [0.25, 0.3) is 5.69 Å². The molecule has 10 heteroatoms. The lowest BCUT2D eigenvalue weighted by molar-refractivity contribution is -0.386. The van der Waals surface area contributed by atoms with E-state index in [4.69, 9.17) is 0 Å². The Labute approximate surface area is 110 Å².